The minimum Gasteiger partial charge on any atom is -0.494 e. The van der Waals surface area contributed by atoms with Gasteiger partial charge in [-0.3, -0.25) is 9.69 Å². The number of benzene rings is 3. The first kappa shape index (κ1) is 25.9. The summed E-state index contributed by atoms with van der Waals surface area (Å²) in [6.07, 6.45) is 0.278. The van der Waals surface area contributed by atoms with Crippen LogP contribution in [0.2, 0.25) is 0 Å². The Labute approximate surface area is 213 Å². The molecule has 1 aliphatic heterocycles. The zero-order valence-electron chi connectivity index (χ0n) is 20.5. The summed E-state index contributed by atoms with van der Waals surface area (Å²) in [4.78, 5) is 17.8. The predicted octanol–water partition coefficient (Wildman–Crippen LogP) is 3.32. The molecule has 4 rings (SSSR count). The Morgan fingerprint density at radius 3 is 2.03 bits per heavy atom. The topological polar surface area (TPSA) is 78.9 Å². The van der Waals surface area contributed by atoms with Gasteiger partial charge in [-0.25, -0.2) is 8.42 Å². The Morgan fingerprint density at radius 2 is 1.44 bits per heavy atom. The van der Waals surface area contributed by atoms with Crippen molar-refractivity contribution in [2.75, 3.05) is 32.8 Å². The Hall–Kier alpha value is -3.20. The molecule has 3 aromatic rings. The first-order chi connectivity index (χ1) is 17.4. The Kier molecular flexibility index (Phi) is 8.74. The van der Waals surface area contributed by atoms with Crippen molar-refractivity contribution in [1.82, 2.24) is 14.5 Å². The number of hydrogen-bond donors (Lipinski definition) is 1. The molecule has 1 heterocycles. The molecule has 8 heteroatoms. The highest BCUT2D eigenvalue weighted by atomic mass is 32.2. The lowest BCUT2D eigenvalue weighted by molar-refractivity contribution is -0.134. The molecule has 0 saturated carbocycles. The zero-order valence-corrected chi connectivity index (χ0v) is 21.4. The van der Waals surface area contributed by atoms with Crippen LogP contribution in [-0.4, -0.2) is 63.0 Å². The Balaban J connectivity index is 1.46. The highest BCUT2D eigenvalue weighted by Crippen LogP contribution is 2.18. The third-order valence-corrected chi connectivity index (χ3v) is 7.74. The number of sulfonamides is 1. The van der Waals surface area contributed by atoms with Crippen LogP contribution in [-0.2, 0) is 27.8 Å². The van der Waals surface area contributed by atoms with Crippen molar-refractivity contribution in [2.45, 2.75) is 30.8 Å². The fraction of sp³-hybridized carbons (Fsp3) is 0.321. The van der Waals surface area contributed by atoms with Gasteiger partial charge in [-0.15, -0.1) is 0 Å². The number of hydrogen-bond acceptors (Lipinski definition) is 5. The van der Waals surface area contributed by atoms with Gasteiger partial charge < -0.3 is 9.64 Å². The van der Waals surface area contributed by atoms with Crippen LogP contribution in [0, 0.1) is 0 Å². The molecule has 0 aromatic heterocycles. The molecule has 0 radical (unpaired) electrons. The summed E-state index contributed by atoms with van der Waals surface area (Å²) >= 11 is 0. The van der Waals surface area contributed by atoms with Crippen LogP contribution in [0.1, 0.15) is 18.1 Å². The van der Waals surface area contributed by atoms with E-state index < -0.39 is 16.1 Å². The van der Waals surface area contributed by atoms with Gasteiger partial charge in [-0.2, -0.15) is 4.72 Å². The summed E-state index contributed by atoms with van der Waals surface area (Å²) in [7, 11) is -3.91. The fourth-order valence-corrected chi connectivity index (χ4v) is 5.54. The number of nitrogens with zero attached hydrogens (tertiary/aromatic N) is 2. The van der Waals surface area contributed by atoms with Crippen molar-refractivity contribution in [3.8, 4) is 5.75 Å². The number of rotatable bonds is 10. The molecule has 1 unspecified atom stereocenters. The van der Waals surface area contributed by atoms with E-state index >= 15 is 0 Å². The third kappa shape index (κ3) is 6.94. The molecule has 1 amide bonds. The molecule has 3 aromatic carbocycles. The van der Waals surface area contributed by atoms with Crippen molar-refractivity contribution in [3.05, 3.63) is 96.1 Å². The highest BCUT2D eigenvalue weighted by molar-refractivity contribution is 7.89. The molecule has 1 saturated heterocycles. The van der Waals surface area contributed by atoms with Crippen LogP contribution in [0.25, 0.3) is 0 Å². The molecule has 0 spiro atoms. The lowest BCUT2D eigenvalue weighted by atomic mass is 10.1. The average molecular weight is 508 g/mol. The van der Waals surface area contributed by atoms with E-state index in [1.54, 1.807) is 17.0 Å². The van der Waals surface area contributed by atoms with E-state index in [0.717, 1.165) is 25.2 Å². The predicted molar refractivity (Wildman–Crippen MR) is 140 cm³/mol. The summed E-state index contributed by atoms with van der Waals surface area (Å²) in [5, 5.41) is 0. The van der Waals surface area contributed by atoms with E-state index in [0.29, 0.717) is 25.4 Å². The number of carbonyl (C=O) groups excluding carboxylic acids is 1. The second-order valence-electron chi connectivity index (χ2n) is 8.86. The van der Waals surface area contributed by atoms with Crippen molar-refractivity contribution in [2.24, 2.45) is 0 Å². The summed E-state index contributed by atoms with van der Waals surface area (Å²) in [5.41, 5.74) is 2.13. The summed E-state index contributed by atoms with van der Waals surface area (Å²) in [6, 6.07) is 25.1. The van der Waals surface area contributed by atoms with Crippen molar-refractivity contribution in [3.63, 3.8) is 0 Å². The van der Waals surface area contributed by atoms with E-state index in [1.807, 2.05) is 55.5 Å². The summed E-state index contributed by atoms with van der Waals surface area (Å²) in [6.45, 7) is 5.79. The van der Waals surface area contributed by atoms with Crippen LogP contribution in [0.4, 0.5) is 0 Å². The number of ether oxygens (including phenoxy) is 1. The minimum absolute atomic E-state index is 0.101. The Bertz CT molecular complexity index is 1210. The quantitative estimate of drug-likeness (QED) is 0.456. The standard InChI is InChI=1S/C28H33N3O4S/c1-2-35-25-13-15-26(16-14-25)36(33,34)29-27(21-23-9-5-3-6-10-23)28(32)31-19-17-30(18-20-31)22-24-11-7-4-8-12-24/h3-16,27,29H,2,17-22H2,1H3. The number of piperazine rings is 1. The second kappa shape index (κ2) is 12.2. The SMILES string of the molecule is CCOc1ccc(S(=O)(=O)NC(Cc2ccccc2)C(=O)N2CCN(Cc3ccccc3)CC2)cc1. The van der Waals surface area contributed by atoms with Gasteiger partial charge in [0.2, 0.25) is 15.9 Å². The molecule has 7 nitrogen and oxygen atoms in total. The molecular weight excluding hydrogens is 474 g/mol. The van der Waals surface area contributed by atoms with E-state index in [2.05, 4.69) is 21.8 Å². The first-order valence-electron chi connectivity index (χ1n) is 12.3. The Morgan fingerprint density at radius 1 is 0.861 bits per heavy atom. The zero-order chi connectivity index (χ0) is 25.4. The fourth-order valence-electron chi connectivity index (χ4n) is 4.35. The summed E-state index contributed by atoms with van der Waals surface area (Å²) in [5.74, 6) is 0.398. The molecular formula is C28H33N3O4S. The molecule has 1 fully saturated rings. The van der Waals surface area contributed by atoms with Gasteiger partial charge in [0.1, 0.15) is 11.8 Å². The van der Waals surface area contributed by atoms with Crippen molar-refractivity contribution >= 4 is 15.9 Å². The van der Waals surface area contributed by atoms with Crippen LogP contribution in [0.5, 0.6) is 5.75 Å². The highest BCUT2D eigenvalue weighted by Gasteiger charge is 2.31. The largest absolute Gasteiger partial charge is 0.494 e. The minimum atomic E-state index is -3.91. The van der Waals surface area contributed by atoms with E-state index in [1.165, 1.54) is 17.7 Å². The van der Waals surface area contributed by atoms with Gasteiger partial charge in [0.25, 0.3) is 0 Å². The lowest BCUT2D eigenvalue weighted by Crippen LogP contribution is -2.55. The van der Waals surface area contributed by atoms with Crippen molar-refractivity contribution in [1.29, 1.82) is 0 Å². The number of nitrogens with one attached hydrogen (secondary N) is 1. The van der Waals surface area contributed by atoms with Crippen LogP contribution >= 0.6 is 0 Å². The second-order valence-corrected chi connectivity index (χ2v) is 10.6. The maximum atomic E-state index is 13.6. The van der Waals surface area contributed by atoms with Crippen LogP contribution in [0.15, 0.2) is 89.8 Å². The van der Waals surface area contributed by atoms with Crippen molar-refractivity contribution < 1.29 is 17.9 Å². The van der Waals surface area contributed by atoms with Gasteiger partial charge in [0.15, 0.2) is 0 Å². The van der Waals surface area contributed by atoms with Gasteiger partial charge >= 0.3 is 0 Å². The lowest BCUT2D eigenvalue weighted by Gasteiger charge is -2.36. The van der Waals surface area contributed by atoms with Gasteiger partial charge in [-0.05, 0) is 48.7 Å². The number of amides is 1. The first-order valence-corrected chi connectivity index (χ1v) is 13.8. The van der Waals surface area contributed by atoms with E-state index in [-0.39, 0.29) is 17.2 Å². The molecule has 1 aliphatic rings. The molecule has 0 aliphatic carbocycles. The molecule has 36 heavy (non-hydrogen) atoms. The normalized spacial score (nSPS) is 15.4. The maximum absolute atomic E-state index is 13.6. The molecule has 0 bridgehead atoms. The van der Waals surface area contributed by atoms with Crippen LogP contribution in [0.3, 0.4) is 0 Å². The van der Waals surface area contributed by atoms with Gasteiger partial charge in [-0.1, -0.05) is 60.7 Å². The maximum Gasteiger partial charge on any atom is 0.241 e. The summed E-state index contributed by atoms with van der Waals surface area (Å²) < 4.78 is 34.5. The molecule has 190 valence electrons. The third-order valence-electron chi connectivity index (χ3n) is 6.26. The average Bonchev–Trinajstić information content (AvgIpc) is 2.90. The monoisotopic (exact) mass is 507 g/mol. The van der Waals surface area contributed by atoms with E-state index in [9.17, 15) is 13.2 Å². The smallest absolute Gasteiger partial charge is 0.241 e. The number of carbonyl (C=O) groups is 1. The van der Waals surface area contributed by atoms with E-state index in [4.69, 9.17) is 4.74 Å². The molecule has 1 N–H and O–H groups in total. The van der Waals surface area contributed by atoms with Crippen LogP contribution < -0.4 is 9.46 Å². The van der Waals surface area contributed by atoms with Gasteiger partial charge in [0.05, 0.1) is 11.5 Å². The molecule has 1 atom stereocenters. The van der Waals surface area contributed by atoms with Gasteiger partial charge in [0, 0.05) is 32.7 Å².